The van der Waals surface area contributed by atoms with Gasteiger partial charge in [-0.25, -0.2) is 0 Å². The van der Waals surface area contributed by atoms with Crippen molar-refractivity contribution in [1.82, 2.24) is 14.6 Å². The van der Waals surface area contributed by atoms with E-state index >= 15 is 0 Å². The van der Waals surface area contributed by atoms with E-state index in [2.05, 4.69) is 10.2 Å². The highest BCUT2D eigenvalue weighted by Gasteiger charge is 2.32. The molecule has 0 aliphatic heterocycles. The lowest BCUT2D eigenvalue weighted by molar-refractivity contribution is -0.137. The number of pyridine rings is 1. The Bertz CT molecular complexity index is 991. The molecule has 2 heterocycles. The molecule has 4 nitrogen and oxygen atoms in total. The number of carbonyl (C=O) groups is 1. The fourth-order valence-corrected chi connectivity index (χ4v) is 3.59. The number of ketones is 1. The van der Waals surface area contributed by atoms with Crippen molar-refractivity contribution in [3.63, 3.8) is 0 Å². The molecule has 0 spiro atoms. The number of hydrogen-bond donors (Lipinski definition) is 0. The third kappa shape index (κ3) is 3.82. The number of aromatic nitrogens is 3. The summed E-state index contributed by atoms with van der Waals surface area (Å²) in [6.07, 6.45) is -3.70. The quantitative estimate of drug-likeness (QED) is 0.418. The zero-order valence-electron chi connectivity index (χ0n) is 13.1. The SMILES string of the molecule is C[C@H](Sc1nnc2c(Cl)cc(C(F)(F)F)cn12)C(=O)c1cccc(Cl)c1. The highest BCUT2D eigenvalue weighted by Crippen LogP contribution is 2.34. The van der Waals surface area contributed by atoms with Crippen LogP contribution in [0.1, 0.15) is 22.8 Å². The predicted octanol–water partition coefficient (Wildman–Crippen LogP) is 5.42. The van der Waals surface area contributed by atoms with Crippen molar-refractivity contribution in [3.05, 3.63) is 57.7 Å². The molecule has 3 aromatic rings. The van der Waals surface area contributed by atoms with Crippen LogP contribution in [0.15, 0.2) is 41.7 Å². The lowest BCUT2D eigenvalue weighted by Crippen LogP contribution is -2.14. The van der Waals surface area contributed by atoms with Gasteiger partial charge in [0.2, 0.25) is 0 Å². The van der Waals surface area contributed by atoms with Gasteiger partial charge < -0.3 is 0 Å². The van der Waals surface area contributed by atoms with Crippen molar-refractivity contribution in [3.8, 4) is 0 Å². The Balaban J connectivity index is 1.93. The Morgan fingerprint density at radius 1 is 1.23 bits per heavy atom. The van der Waals surface area contributed by atoms with Crippen LogP contribution < -0.4 is 0 Å². The first-order valence-corrected chi connectivity index (χ1v) is 8.88. The molecule has 0 unspecified atom stereocenters. The predicted molar refractivity (Wildman–Crippen MR) is 94.1 cm³/mol. The van der Waals surface area contributed by atoms with Crippen molar-refractivity contribution in [2.45, 2.75) is 23.5 Å². The number of nitrogens with zero attached hydrogens (tertiary/aromatic N) is 3. The van der Waals surface area contributed by atoms with E-state index < -0.39 is 17.0 Å². The monoisotopic (exact) mass is 419 g/mol. The maximum atomic E-state index is 13.0. The summed E-state index contributed by atoms with van der Waals surface area (Å²) in [5.41, 5.74) is -0.435. The fraction of sp³-hybridized carbons (Fsp3) is 0.188. The molecule has 10 heteroatoms. The Kier molecular flexibility index (Phi) is 5.18. The zero-order valence-corrected chi connectivity index (χ0v) is 15.4. The summed E-state index contributed by atoms with van der Waals surface area (Å²) >= 11 is 12.8. The van der Waals surface area contributed by atoms with E-state index in [9.17, 15) is 18.0 Å². The van der Waals surface area contributed by atoms with Crippen molar-refractivity contribution >= 4 is 46.4 Å². The lowest BCUT2D eigenvalue weighted by atomic mass is 10.1. The minimum Gasteiger partial charge on any atom is -0.293 e. The van der Waals surface area contributed by atoms with E-state index in [0.29, 0.717) is 10.6 Å². The number of Topliss-reactive ketones (excluding diaryl/α,β-unsaturated/α-hetero) is 1. The van der Waals surface area contributed by atoms with E-state index in [0.717, 1.165) is 28.4 Å². The first-order valence-electron chi connectivity index (χ1n) is 7.24. The van der Waals surface area contributed by atoms with E-state index in [1.165, 1.54) is 6.07 Å². The zero-order chi connectivity index (χ0) is 19.1. The van der Waals surface area contributed by atoms with Gasteiger partial charge in [-0.15, -0.1) is 10.2 Å². The van der Waals surface area contributed by atoms with Crippen LogP contribution in [0, 0.1) is 0 Å². The molecule has 1 aromatic carbocycles. The molecular weight excluding hydrogens is 410 g/mol. The molecule has 0 N–H and O–H groups in total. The molecule has 0 amide bonds. The Morgan fingerprint density at radius 2 is 1.96 bits per heavy atom. The van der Waals surface area contributed by atoms with Crippen molar-refractivity contribution in [2.24, 2.45) is 0 Å². The topological polar surface area (TPSA) is 47.3 Å². The smallest absolute Gasteiger partial charge is 0.293 e. The summed E-state index contributed by atoms with van der Waals surface area (Å²) in [4.78, 5) is 12.5. The third-order valence-corrected chi connectivity index (χ3v) is 5.09. The van der Waals surface area contributed by atoms with Crippen molar-refractivity contribution in [1.29, 1.82) is 0 Å². The average Bonchev–Trinajstić information content (AvgIpc) is 2.97. The van der Waals surface area contributed by atoms with Gasteiger partial charge in [0, 0.05) is 16.8 Å². The summed E-state index contributed by atoms with van der Waals surface area (Å²) in [6, 6.07) is 7.23. The first kappa shape index (κ1) is 19.0. The van der Waals surface area contributed by atoms with E-state index in [1.54, 1.807) is 25.1 Å². The first-order chi connectivity index (χ1) is 12.2. The van der Waals surface area contributed by atoms with E-state index in [1.807, 2.05) is 0 Å². The van der Waals surface area contributed by atoms with Crippen LogP contribution >= 0.6 is 35.0 Å². The van der Waals surface area contributed by atoms with Gasteiger partial charge in [0.05, 0.1) is 15.8 Å². The minimum absolute atomic E-state index is 0.0876. The average molecular weight is 420 g/mol. The van der Waals surface area contributed by atoms with Crippen molar-refractivity contribution in [2.75, 3.05) is 0 Å². The summed E-state index contributed by atoms with van der Waals surface area (Å²) in [7, 11) is 0. The van der Waals surface area contributed by atoms with Gasteiger partial charge in [0.1, 0.15) is 0 Å². The summed E-state index contributed by atoms with van der Waals surface area (Å²) in [6.45, 7) is 1.63. The second-order valence-electron chi connectivity index (χ2n) is 5.39. The number of benzene rings is 1. The Morgan fingerprint density at radius 3 is 2.62 bits per heavy atom. The lowest BCUT2D eigenvalue weighted by Gasteiger charge is -2.11. The molecule has 0 bridgehead atoms. The standard InChI is InChI=1S/C16H10Cl2F3N3OS/c1-8(13(25)9-3-2-4-11(17)5-9)26-15-23-22-14-12(18)6-10(7-24(14)15)16(19,20)21/h2-8H,1H3/t8-/m0/s1. The number of hydrogen-bond acceptors (Lipinski definition) is 4. The molecule has 0 aliphatic rings. The van der Waals surface area contributed by atoms with Crippen LogP contribution in [-0.2, 0) is 6.18 Å². The highest BCUT2D eigenvalue weighted by atomic mass is 35.5. The van der Waals surface area contributed by atoms with Crippen molar-refractivity contribution < 1.29 is 18.0 Å². The van der Waals surface area contributed by atoms with Gasteiger partial charge in [0.25, 0.3) is 0 Å². The number of alkyl halides is 3. The van der Waals surface area contributed by atoms with Crippen LogP contribution in [0.2, 0.25) is 10.0 Å². The molecule has 0 fully saturated rings. The van der Waals surface area contributed by atoms with E-state index in [4.69, 9.17) is 23.2 Å². The highest BCUT2D eigenvalue weighted by molar-refractivity contribution is 8.00. The minimum atomic E-state index is -4.56. The molecule has 1 atom stereocenters. The maximum absolute atomic E-state index is 13.0. The van der Waals surface area contributed by atoms with Gasteiger partial charge in [-0.05, 0) is 25.1 Å². The van der Waals surface area contributed by atoms with Crippen LogP contribution in [0.25, 0.3) is 5.65 Å². The third-order valence-electron chi connectivity index (χ3n) is 3.52. The molecule has 0 radical (unpaired) electrons. The number of thioether (sulfide) groups is 1. The fourth-order valence-electron chi connectivity index (χ4n) is 2.26. The number of halogens is 5. The number of fused-ring (bicyclic) bond motifs is 1. The summed E-state index contributed by atoms with van der Waals surface area (Å²) < 4.78 is 40.1. The second-order valence-corrected chi connectivity index (χ2v) is 7.54. The summed E-state index contributed by atoms with van der Waals surface area (Å²) in [5.74, 6) is -0.229. The van der Waals surface area contributed by atoms with E-state index in [-0.39, 0.29) is 21.6 Å². The van der Waals surface area contributed by atoms with Gasteiger partial charge in [-0.1, -0.05) is 47.1 Å². The van der Waals surface area contributed by atoms with Gasteiger partial charge in [-0.2, -0.15) is 13.2 Å². The molecule has 136 valence electrons. The van der Waals surface area contributed by atoms with Crippen LogP contribution in [-0.4, -0.2) is 25.6 Å². The molecule has 3 rings (SSSR count). The summed E-state index contributed by atoms with van der Waals surface area (Å²) in [5, 5.41) is 7.42. The van der Waals surface area contributed by atoms with Crippen LogP contribution in [0.5, 0.6) is 0 Å². The largest absolute Gasteiger partial charge is 0.417 e. The Hall–Kier alpha value is -1.77. The van der Waals surface area contributed by atoms with Gasteiger partial charge >= 0.3 is 6.18 Å². The van der Waals surface area contributed by atoms with Crippen LogP contribution in [0.3, 0.4) is 0 Å². The molecule has 26 heavy (non-hydrogen) atoms. The molecular formula is C16H10Cl2F3N3OS. The molecule has 2 aromatic heterocycles. The van der Waals surface area contributed by atoms with Gasteiger partial charge in [0.15, 0.2) is 16.6 Å². The second kappa shape index (κ2) is 7.09. The maximum Gasteiger partial charge on any atom is 0.417 e. The molecule has 0 saturated heterocycles. The number of carbonyl (C=O) groups excluding carboxylic acids is 1. The van der Waals surface area contributed by atoms with Gasteiger partial charge in [-0.3, -0.25) is 9.20 Å². The number of rotatable bonds is 4. The normalized spacial score (nSPS) is 13.2. The van der Waals surface area contributed by atoms with Crippen LogP contribution in [0.4, 0.5) is 13.2 Å². The molecule has 0 saturated carbocycles. The Labute approximate surface area is 160 Å². The molecule has 0 aliphatic carbocycles.